The maximum Gasteiger partial charge on any atom is 0.416 e. The summed E-state index contributed by atoms with van der Waals surface area (Å²) in [6, 6.07) is 28.4. The van der Waals surface area contributed by atoms with Crippen LogP contribution in [0, 0.1) is 0 Å². The Morgan fingerprint density at radius 2 is 1.60 bits per heavy atom. The standard InChI is InChI=1S/C36H35F3N6O2/c1-25(27-12-7-4-8-13-27)41-31-23-29(16-17-40-31)33-32(28-14-9-15-30(22-28)36(37,38)39)42-34(43(33)2)44-18-20-45(21-19-44)35(46)47-24-26-10-5-3-6-11-26/h3-17,22-23,25H,18-21,24H2,1-2H3,(H,40,41). The van der Waals surface area contributed by atoms with Crippen molar-refractivity contribution in [2.24, 2.45) is 7.05 Å². The topological polar surface area (TPSA) is 75.5 Å². The van der Waals surface area contributed by atoms with E-state index in [2.05, 4.69) is 10.3 Å². The number of carbonyl (C=O) groups is 1. The SMILES string of the molecule is CC(Nc1cc(-c2c(-c3cccc(C(F)(F)F)c3)nc(N3CCN(C(=O)OCc4ccccc4)CC3)n2C)ccn1)c1ccccc1. The first-order valence-electron chi connectivity index (χ1n) is 15.4. The van der Waals surface area contributed by atoms with Crippen molar-refractivity contribution < 1.29 is 22.7 Å². The predicted molar refractivity (Wildman–Crippen MR) is 176 cm³/mol. The highest BCUT2D eigenvalue weighted by Gasteiger charge is 2.32. The van der Waals surface area contributed by atoms with Crippen LogP contribution in [0.3, 0.4) is 0 Å². The molecule has 1 saturated heterocycles. The van der Waals surface area contributed by atoms with Crippen LogP contribution in [0.5, 0.6) is 0 Å². The quantitative estimate of drug-likeness (QED) is 0.187. The van der Waals surface area contributed by atoms with Gasteiger partial charge in [-0.15, -0.1) is 0 Å². The van der Waals surface area contributed by atoms with Gasteiger partial charge >= 0.3 is 12.3 Å². The number of alkyl halides is 3. The van der Waals surface area contributed by atoms with Gasteiger partial charge < -0.3 is 24.4 Å². The van der Waals surface area contributed by atoms with Crippen LogP contribution < -0.4 is 10.2 Å². The molecular formula is C36H35F3N6O2. The number of imidazole rings is 1. The molecular weight excluding hydrogens is 605 g/mol. The molecule has 1 aliphatic heterocycles. The Kier molecular flexibility index (Phi) is 9.15. The lowest BCUT2D eigenvalue weighted by Crippen LogP contribution is -2.49. The molecule has 3 aromatic carbocycles. The summed E-state index contributed by atoms with van der Waals surface area (Å²) in [5.74, 6) is 1.22. The van der Waals surface area contributed by atoms with Gasteiger partial charge in [0.15, 0.2) is 0 Å². The molecule has 1 amide bonds. The molecule has 242 valence electrons. The lowest BCUT2D eigenvalue weighted by atomic mass is 10.0. The zero-order chi connectivity index (χ0) is 33.0. The van der Waals surface area contributed by atoms with Crippen molar-refractivity contribution in [3.63, 3.8) is 0 Å². The van der Waals surface area contributed by atoms with Gasteiger partial charge in [-0.2, -0.15) is 13.2 Å². The summed E-state index contributed by atoms with van der Waals surface area (Å²) in [6.07, 6.45) is -3.21. The number of piperazine rings is 1. The van der Waals surface area contributed by atoms with Gasteiger partial charge in [0, 0.05) is 56.6 Å². The van der Waals surface area contributed by atoms with Crippen LogP contribution in [0.4, 0.5) is 29.7 Å². The molecule has 0 bridgehead atoms. The van der Waals surface area contributed by atoms with Gasteiger partial charge in [0.05, 0.1) is 17.0 Å². The summed E-state index contributed by atoms with van der Waals surface area (Å²) in [6.45, 7) is 4.01. The Balaban J connectivity index is 1.28. The molecule has 0 aliphatic carbocycles. The molecule has 1 aliphatic rings. The number of carbonyl (C=O) groups excluding carboxylic acids is 1. The Labute approximate surface area is 271 Å². The summed E-state index contributed by atoms with van der Waals surface area (Å²) in [5.41, 5.74) is 3.43. The van der Waals surface area contributed by atoms with E-state index in [0.717, 1.165) is 28.8 Å². The van der Waals surface area contributed by atoms with Gasteiger partial charge in [0.1, 0.15) is 12.4 Å². The van der Waals surface area contributed by atoms with Gasteiger partial charge in [-0.3, -0.25) is 0 Å². The highest BCUT2D eigenvalue weighted by atomic mass is 19.4. The van der Waals surface area contributed by atoms with Gasteiger partial charge in [-0.25, -0.2) is 14.8 Å². The Morgan fingerprint density at radius 3 is 2.30 bits per heavy atom. The van der Waals surface area contributed by atoms with Crippen molar-refractivity contribution in [3.05, 3.63) is 120 Å². The van der Waals surface area contributed by atoms with Crippen LogP contribution in [0.2, 0.25) is 0 Å². The third-order valence-electron chi connectivity index (χ3n) is 8.26. The average molecular weight is 641 g/mol. The van der Waals surface area contributed by atoms with E-state index in [9.17, 15) is 18.0 Å². The number of ether oxygens (including phenoxy) is 1. The van der Waals surface area contributed by atoms with Crippen molar-refractivity contribution >= 4 is 17.9 Å². The number of benzene rings is 3. The number of nitrogens with one attached hydrogen (secondary N) is 1. The van der Waals surface area contributed by atoms with Crippen LogP contribution in [-0.2, 0) is 24.6 Å². The third-order valence-corrected chi connectivity index (χ3v) is 8.26. The molecule has 6 rings (SSSR count). The summed E-state index contributed by atoms with van der Waals surface area (Å²) >= 11 is 0. The zero-order valence-corrected chi connectivity index (χ0v) is 26.1. The molecule has 47 heavy (non-hydrogen) atoms. The molecule has 3 heterocycles. The van der Waals surface area contributed by atoms with Crippen molar-refractivity contribution in [2.45, 2.75) is 25.7 Å². The number of nitrogens with zero attached hydrogens (tertiary/aromatic N) is 5. The molecule has 2 aromatic heterocycles. The van der Waals surface area contributed by atoms with E-state index in [4.69, 9.17) is 9.72 Å². The van der Waals surface area contributed by atoms with Crippen LogP contribution in [0.15, 0.2) is 103 Å². The Morgan fingerprint density at radius 1 is 0.894 bits per heavy atom. The fraction of sp³-hybridized carbons (Fsp3) is 0.250. The van der Waals surface area contributed by atoms with E-state index >= 15 is 0 Å². The minimum Gasteiger partial charge on any atom is -0.445 e. The summed E-state index contributed by atoms with van der Waals surface area (Å²) in [7, 11) is 1.86. The Bertz CT molecular complexity index is 1820. The van der Waals surface area contributed by atoms with Gasteiger partial charge in [-0.1, -0.05) is 72.8 Å². The molecule has 5 aromatic rings. The lowest BCUT2D eigenvalue weighted by Gasteiger charge is -2.34. The van der Waals surface area contributed by atoms with Crippen LogP contribution in [0.25, 0.3) is 22.5 Å². The molecule has 0 saturated carbocycles. The number of hydrogen-bond acceptors (Lipinski definition) is 6. The zero-order valence-electron chi connectivity index (χ0n) is 26.1. The number of rotatable bonds is 8. The second kappa shape index (κ2) is 13.6. The average Bonchev–Trinajstić information content (AvgIpc) is 3.44. The molecule has 1 unspecified atom stereocenters. The number of pyridine rings is 1. The second-order valence-electron chi connectivity index (χ2n) is 11.5. The maximum atomic E-state index is 13.8. The summed E-state index contributed by atoms with van der Waals surface area (Å²) in [4.78, 5) is 25.9. The first-order valence-corrected chi connectivity index (χ1v) is 15.4. The molecule has 11 heteroatoms. The van der Waals surface area contributed by atoms with Crippen LogP contribution in [0.1, 0.15) is 29.7 Å². The molecule has 8 nitrogen and oxygen atoms in total. The largest absolute Gasteiger partial charge is 0.445 e. The number of hydrogen-bond donors (Lipinski definition) is 1. The fourth-order valence-corrected chi connectivity index (χ4v) is 5.75. The van der Waals surface area contributed by atoms with Crippen LogP contribution in [-0.4, -0.2) is 51.7 Å². The second-order valence-corrected chi connectivity index (χ2v) is 11.5. The maximum absolute atomic E-state index is 13.8. The van der Waals surface area contributed by atoms with E-state index < -0.39 is 11.7 Å². The fourth-order valence-electron chi connectivity index (χ4n) is 5.75. The predicted octanol–water partition coefficient (Wildman–Crippen LogP) is 7.80. The van der Waals surface area contributed by atoms with Gasteiger partial charge in [0.2, 0.25) is 5.95 Å². The first-order chi connectivity index (χ1) is 22.7. The van der Waals surface area contributed by atoms with Crippen molar-refractivity contribution in [3.8, 4) is 22.5 Å². The van der Waals surface area contributed by atoms with Crippen molar-refractivity contribution in [1.82, 2.24) is 19.4 Å². The van der Waals surface area contributed by atoms with E-state index in [-0.39, 0.29) is 18.7 Å². The van der Waals surface area contributed by atoms with E-state index in [1.807, 2.05) is 96.2 Å². The summed E-state index contributed by atoms with van der Waals surface area (Å²) in [5, 5.41) is 3.43. The normalized spacial score (nSPS) is 14.1. The highest BCUT2D eigenvalue weighted by molar-refractivity contribution is 5.82. The smallest absolute Gasteiger partial charge is 0.416 e. The Hall–Kier alpha value is -5.32. The van der Waals surface area contributed by atoms with E-state index in [1.54, 1.807) is 17.2 Å². The number of amides is 1. The number of aromatic nitrogens is 3. The van der Waals surface area contributed by atoms with Crippen molar-refractivity contribution in [2.75, 3.05) is 36.4 Å². The van der Waals surface area contributed by atoms with E-state index in [1.165, 1.54) is 6.07 Å². The number of anilines is 2. The third kappa shape index (κ3) is 7.24. The molecule has 1 atom stereocenters. The van der Waals surface area contributed by atoms with Gasteiger partial charge in [0.25, 0.3) is 0 Å². The van der Waals surface area contributed by atoms with E-state index in [0.29, 0.717) is 54.9 Å². The minimum atomic E-state index is -4.50. The molecule has 1 fully saturated rings. The summed E-state index contributed by atoms with van der Waals surface area (Å²) < 4.78 is 48.7. The molecule has 0 spiro atoms. The monoisotopic (exact) mass is 640 g/mol. The molecule has 0 radical (unpaired) electrons. The van der Waals surface area contributed by atoms with Gasteiger partial charge in [-0.05, 0) is 42.3 Å². The van der Waals surface area contributed by atoms with Crippen molar-refractivity contribution in [1.29, 1.82) is 0 Å². The lowest BCUT2D eigenvalue weighted by molar-refractivity contribution is -0.137. The van der Waals surface area contributed by atoms with Crippen LogP contribution >= 0.6 is 0 Å². The molecule has 1 N–H and O–H groups in total. The highest BCUT2D eigenvalue weighted by Crippen LogP contribution is 2.38. The number of halogens is 3. The first kappa shape index (κ1) is 31.7. The minimum absolute atomic E-state index is 0.0281.